The highest BCUT2D eigenvalue weighted by atomic mass is 16.2. The zero-order valence-corrected chi connectivity index (χ0v) is 11.3. The lowest BCUT2D eigenvalue weighted by molar-refractivity contribution is -0.133. The largest absolute Gasteiger partial charge is 0.337 e. The summed E-state index contributed by atoms with van der Waals surface area (Å²) >= 11 is 0. The first-order valence-electron chi connectivity index (χ1n) is 6.79. The van der Waals surface area contributed by atoms with Gasteiger partial charge in [0.1, 0.15) is 0 Å². The van der Waals surface area contributed by atoms with E-state index >= 15 is 0 Å². The number of benzene rings is 1. The molecule has 2 rings (SSSR count). The van der Waals surface area contributed by atoms with E-state index in [0.717, 1.165) is 32.5 Å². The van der Waals surface area contributed by atoms with Gasteiger partial charge in [0.2, 0.25) is 5.91 Å². The van der Waals surface area contributed by atoms with Crippen molar-refractivity contribution in [3.63, 3.8) is 0 Å². The minimum atomic E-state index is 0.0361. The van der Waals surface area contributed by atoms with Crippen LogP contribution in [0.4, 0.5) is 0 Å². The number of carbonyl (C=O) groups excluding carboxylic acids is 1. The van der Waals surface area contributed by atoms with Crippen LogP contribution in [0.3, 0.4) is 0 Å². The first kappa shape index (κ1) is 13.1. The van der Waals surface area contributed by atoms with Crippen LogP contribution in [-0.4, -0.2) is 29.9 Å². The minimum absolute atomic E-state index is 0.0361. The molecule has 1 N–H and O–H groups in total. The van der Waals surface area contributed by atoms with Crippen molar-refractivity contribution in [1.82, 2.24) is 10.2 Å². The van der Waals surface area contributed by atoms with Gasteiger partial charge in [0, 0.05) is 13.1 Å². The van der Waals surface area contributed by atoms with E-state index in [1.165, 1.54) is 11.1 Å². The fourth-order valence-electron chi connectivity index (χ4n) is 2.45. The van der Waals surface area contributed by atoms with Crippen LogP contribution < -0.4 is 5.32 Å². The maximum absolute atomic E-state index is 12.4. The fourth-order valence-corrected chi connectivity index (χ4v) is 2.45. The zero-order chi connectivity index (χ0) is 13.0. The molecule has 1 atom stereocenters. The Labute approximate surface area is 109 Å². The van der Waals surface area contributed by atoms with Crippen molar-refractivity contribution < 1.29 is 4.79 Å². The van der Waals surface area contributed by atoms with Crippen LogP contribution in [0, 0.1) is 6.92 Å². The normalized spacial score (nSPS) is 18.9. The van der Waals surface area contributed by atoms with Crippen LogP contribution in [0.25, 0.3) is 0 Å². The molecular weight excluding hydrogens is 224 g/mol. The second-order valence-corrected chi connectivity index (χ2v) is 4.93. The molecule has 0 saturated carbocycles. The summed E-state index contributed by atoms with van der Waals surface area (Å²) in [5.74, 6) is 0.248. The summed E-state index contributed by atoms with van der Waals surface area (Å²) < 4.78 is 0. The highest BCUT2D eigenvalue weighted by Gasteiger charge is 2.26. The van der Waals surface area contributed by atoms with E-state index in [-0.39, 0.29) is 11.9 Å². The lowest BCUT2D eigenvalue weighted by atomic mass is 10.1. The van der Waals surface area contributed by atoms with E-state index in [0.29, 0.717) is 0 Å². The monoisotopic (exact) mass is 246 g/mol. The molecule has 1 heterocycles. The number of amides is 1. The number of hydrogen-bond donors (Lipinski definition) is 1. The van der Waals surface area contributed by atoms with E-state index in [1.54, 1.807) is 0 Å². The number of nitrogens with one attached hydrogen (secondary N) is 1. The first-order valence-corrected chi connectivity index (χ1v) is 6.79. The predicted octanol–water partition coefficient (Wildman–Crippen LogP) is 2.10. The van der Waals surface area contributed by atoms with Crippen molar-refractivity contribution >= 4 is 5.91 Å². The van der Waals surface area contributed by atoms with Gasteiger partial charge in [-0.1, -0.05) is 24.3 Å². The average molecular weight is 246 g/mol. The Morgan fingerprint density at radius 1 is 1.44 bits per heavy atom. The fraction of sp³-hybridized carbons (Fsp3) is 0.533. The summed E-state index contributed by atoms with van der Waals surface area (Å²) in [7, 11) is 0. The highest BCUT2D eigenvalue weighted by Crippen LogP contribution is 2.14. The molecule has 1 aromatic rings. The molecule has 1 amide bonds. The van der Waals surface area contributed by atoms with Crippen molar-refractivity contribution in [3.8, 4) is 0 Å². The number of hydrogen-bond acceptors (Lipinski definition) is 2. The summed E-state index contributed by atoms with van der Waals surface area (Å²) in [5.41, 5.74) is 2.49. The Kier molecular flexibility index (Phi) is 4.37. The topological polar surface area (TPSA) is 32.3 Å². The molecule has 1 fully saturated rings. The standard InChI is InChI=1S/C15H22N2O/c1-3-17(15(18)14-9-6-10-16-14)11-13-8-5-4-7-12(13)2/h4-5,7-8,14,16H,3,6,9-11H2,1-2H3/t14-/m1/s1. The molecule has 0 unspecified atom stereocenters. The Hall–Kier alpha value is -1.35. The van der Waals surface area contributed by atoms with Gasteiger partial charge >= 0.3 is 0 Å². The molecule has 0 aliphatic carbocycles. The van der Waals surface area contributed by atoms with E-state index in [9.17, 15) is 4.79 Å². The molecule has 1 aromatic carbocycles. The third kappa shape index (κ3) is 2.91. The van der Waals surface area contributed by atoms with Gasteiger partial charge < -0.3 is 10.2 Å². The first-order chi connectivity index (χ1) is 8.72. The summed E-state index contributed by atoms with van der Waals surface area (Å²) in [6, 6.07) is 8.31. The predicted molar refractivity (Wildman–Crippen MR) is 73.3 cm³/mol. The third-order valence-electron chi connectivity index (χ3n) is 3.67. The van der Waals surface area contributed by atoms with Crippen LogP contribution in [0.15, 0.2) is 24.3 Å². The summed E-state index contributed by atoms with van der Waals surface area (Å²) in [4.78, 5) is 14.3. The van der Waals surface area contributed by atoms with Gasteiger partial charge in [0.25, 0.3) is 0 Å². The average Bonchev–Trinajstić information content (AvgIpc) is 2.91. The van der Waals surface area contributed by atoms with Crippen LogP contribution in [-0.2, 0) is 11.3 Å². The van der Waals surface area contributed by atoms with Crippen LogP contribution in [0.1, 0.15) is 30.9 Å². The Morgan fingerprint density at radius 2 is 2.22 bits per heavy atom. The van der Waals surface area contributed by atoms with E-state index in [1.807, 2.05) is 24.0 Å². The molecule has 98 valence electrons. The highest BCUT2D eigenvalue weighted by molar-refractivity contribution is 5.82. The molecule has 0 spiro atoms. The quantitative estimate of drug-likeness (QED) is 0.882. The van der Waals surface area contributed by atoms with E-state index < -0.39 is 0 Å². The second-order valence-electron chi connectivity index (χ2n) is 4.93. The Bertz CT molecular complexity index is 411. The van der Waals surface area contributed by atoms with Gasteiger partial charge in [-0.05, 0) is 44.4 Å². The molecule has 1 aliphatic rings. The van der Waals surface area contributed by atoms with Crippen LogP contribution >= 0.6 is 0 Å². The molecule has 3 nitrogen and oxygen atoms in total. The van der Waals surface area contributed by atoms with Crippen LogP contribution in [0.5, 0.6) is 0 Å². The Morgan fingerprint density at radius 3 is 2.83 bits per heavy atom. The van der Waals surface area contributed by atoms with Crippen LogP contribution in [0.2, 0.25) is 0 Å². The van der Waals surface area contributed by atoms with Gasteiger partial charge in [0.05, 0.1) is 6.04 Å². The number of aryl methyl sites for hydroxylation is 1. The number of rotatable bonds is 4. The molecule has 0 bridgehead atoms. The van der Waals surface area contributed by atoms with Crippen molar-refractivity contribution in [3.05, 3.63) is 35.4 Å². The number of likely N-dealkylation sites (N-methyl/N-ethyl adjacent to an activating group) is 1. The van der Waals surface area contributed by atoms with Crippen molar-refractivity contribution in [1.29, 1.82) is 0 Å². The SMILES string of the molecule is CCN(Cc1ccccc1C)C(=O)[C@H]1CCCN1. The summed E-state index contributed by atoms with van der Waals surface area (Å²) in [5, 5.41) is 3.28. The molecule has 0 aromatic heterocycles. The Balaban J connectivity index is 2.05. The third-order valence-corrected chi connectivity index (χ3v) is 3.67. The molecule has 3 heteroatoms. The van der Waals surface area contributed by atoms with Gasteiger partial charge in [-0.25, -0.2) is 0 Å². The maximum Gasteiger partial charge on any atom is 0.239 e. The second kappa shape index (κ2) is 6.01. The van der Waals surface area contributed by atoms with Crippen molar-refractivity contribution in [2.24, 2.45) is 0 Å². The van der Waals surface area contributed by atoms with Crippen molar-refractivity contribution in [2.45, 2.75) is 39.3 Å². The minimum Gasteiger partial charge on any atom is -0.337 e. The molecule has 18 heavy (non-hydrogen) atoms. The maximum atomic E-state index is 12.4. The lowest BCUT2D eigenvalue weighted by Crippen LogP contribution is -2.43. The smallest absolute Gasteiger partial charge is 0.239 e. The van der Waals surface area contributed by atoms with Gasteiger partial charge in [-0.15, -0.1) is 0 Å². The molecule has 0 radical (unpaired) electrons. The molecule has 1 aliphatic heterocycles. The zero-order valence-electron chi connectivity index (χ0n) is 11.3. The lowest BCUT2D eigenvalue weighted by Gasteiger charge is -2.25. The molecular formula is C15H22N2O. The van der Waals surface area contributed by atoms with Gasteiger partial charge in [0.15, 0.2) is 0 Å². The summed E-state index contributed by atoms with van der Waals surface area (Å²) in [6.45, 7) is 6.61. The number of carbonyl (C=O) groups is 1. The summed E-state index contributed by atoms with van der Waals surface area (Å²) in [6.07, 6.45) is 2.08. The molecule has 1 saturated heterocycles. The van der Waals surface area contributed by atoms with E-state index in [2.05, 4.69) is 24.4 Å². The number of nitrogens with zero attached hydrogens (tertiary/aromatic N) is 1. The van der Waals surface area contributed by atoms with E-state index in [4.69, 9.17) is 0 Å². The van der Waals surface area contributed by atoms with Gasteiger partial charge in [-0.2, -0.15) is 0 Å². The van der Waals surface area contributed by atoms with Gasteiger partial charge in [-0.3, -0.25) is 4.79 Å². The van der Waals surface area contributed by atoms with Crippen molar-refractivity contribution in [2.75, 3.05) is 13.1 Å².